The van der Waals surface area contributed by atoms with Crippen LogP contribution in [0.15, 0.2) is 30.3 Å². The van der Waals surface area contributed by atoms with Crippen molar-refractivity contribution in [3.63, 3.8) is 0 Å². The second-order valence-electron chi connectivity index (χ2n) is 4.79. The number of carbonyl (C=O) groups is 2. The number of rotatable bonds is 7. The lowest BCUT2D eigenvalue weighted by atomic mass is 10.1. The van der Waals surface area contributed by atoms with Crippen LogP contribution in [0.2, 0.25) is 0 Å². The van der Waals surface area contributed by atoms with E-state index in [1.165, 1.54) is 32.3 Å². The molecule has 21 heavy (non-hydrogen) atoms. The van der Waals surface area contributed by atoms with Gasteiger partial charge in [-0.25, -0.2) is 0 Å². The normalized spacial score (nSPS) is 10.9. The van der Waals surface area contributed by atoms with Gasteiger partial charge in [0.1, 0.15) is 0 Å². The van der Waals surface area contributed by atoms with Crippen molar-refractivity contribution in [2.45, 2.75) is 46.3 Å². The monoisotopic (exact) mass is 290 g/mol. The zero-order valence-electron chi connectivity index (χ0n) is 12.8. The molecule has 0 atom stereocenters. The molecule has 0 aliphatic heterocycles. The van der Waals surface area contributed by atoms with Gasteiger partial charge >= 0.3 is 11.9 Å². The summed E-state index contributed by atoms with van der Waals surface area (Å²) in [6.07, 6.45) is 5.75. The minimum absolute atomic E-state index is 0.499. The van der Waals surface area contributed by atoms with Crippen LogP contribution in [0, 0.1) is 0 Å². The summed E-state index contributed by atoms with van der Waals surface area (Å²) in [7, 11) is 0. The Morgan fingerprint density at radius 3 is 2.14 bits per heavy atom. The highest BCUT2D eigenvalue weighted by Gasteiger charge is 2.10. The summed E-state index contributed by atoms with van der Waals surface area (Å²) < 4.78 is 9.78. The molecule has 4 heteroatoms. The average Bonchev–Trinajstić information content (AvgIpc) is 2.42. The van der Waals surface area contributed by atoms with Gasteiger partial charge in [-0.15, -0.1) is 0 Å². The molecule has 4 nitrogen and oxygen atoms in total. The van der Waals surface area contributed by atoms with Crippen LogP contribution in [0.5, 0.6) is 0 Å². The van der Waals surface area contributed by atoms with E-state index < -0.39 is 18.2 Å². The fraction of sp³-hybridized carbons (Fsp3) is 0.412. The smallest absolute Gasteiger partial charge is 0.305 e. The van der Waals surface area contributed by atoms with Crippen LogP contribution in [0.25, 0.3) is 6.08 Å². The zero-order chi connectivity index (χ0) is 15.7. The van der Waals surface area contributed by atoms with Crippen molar-refractivity contribution in [1.82, 2.24) is 0 Å². The van der Waals surface area contributed by atoms with E-state index in [9.17, 15) is 9.59 Å². The lowest BCUT2D eigenvalue weighted by molar-refractivity contribution is -0.176. The van der Waals surface area contributed by atoms with Gasteiger partial charge in [0.2, 0.25) is 0 Å². The minimum atomic E-state index is -0.986. The van der Waals surface area contributed by atoms with E-state index in [2.05, 4.69) is 19.1 Å². The lowest BCUT2D eigenvalue weighted by Crippen LogP contribution is -2.19. The molecule has 0 amide bonds. The SMILES string of the molecule is CCCCc1ccc(C=CC(OC(C)=O)OC(C)=O)cc1. The standard InChI is InChI=1S/C17H22O4/c1-4-5-6-15-7-9-16(10-8-15)11-12-17(20-13(2)18)21-14(3)19/h7-12,17H,4-6H2,1-3H3. The van der Waals surface area contributed by atoms with Crippen molar-refractivity contribution in [3.8, 4) is 0 Å². The van der Waals surface area contributed by atoms with E-state index in [1.54, 1.807) is 12.2 Å². The number of carbonyl (C=O) groups excluding carboxylic acids is 2. The van der Waals surface area contributed by atoms with Gasteiger partial charge < -0.3 is 9.47 Å². The third kappa shape index (κ3) is 7.30. The summed E-state index contributed by atoms with van der Waals surface area (Å²) in [5.41, 5.74) is 2.25. The van der Waals surface area contributed by atoms with Crippen molar-refractivity contribution in [3.05, 3.63) is 41.5 Å². The number of aryl methyl sites for hydroxylation is 1. The van der Waals surface area contributed by atoms with Crippen LogP contribution < -0.4 is 0 Å². The molecule has 0 saturated carbocycles. The van der Waals surface area contributed by atoms with Gasteiger partial charge in [-0.2, -0.15) is 0 Å². The zero-order valence-corrected chi connectivity index (χ0v) is 12.8. The molecule has 0 bridgehead atoms. The first kappa shape index (κ1) is 17.0. The molecule has 0 radical (unpaired) electrons. The van der Waals surface area contributed by atoms with Crippen LogP contribution in [0.4, 0.5) is 0 Å². The first-order chi connectivity index (χ1) is 10.0. The van der Waals surface area contributed by atoms with E-state index in [1.807, 2.05) is 12.1 Å². The summed E-state index contributed by atoms with van der Waals surface area (Å²) in [5.74, 6) is -0.998. The van der Waals surface area contributed by atoms with Crippen molar-refractivity contribution in [1.29, 1.82) is 0 Å². The van der Waals surface area contributed by atoms with E-state index in [0.29, 0.717) is 0 Å². The van der Waals surface area contributed by atoms with Gasteiger partial charge in [0, 0.05) is 13.8 Å². The molecule has 1 aromatic rings. The number of unbranched alkanes of at least 4 members (excludes halogenated alkanes) is 1. The number of esters is 2. The van der Waals surface area contributed by atoms with Gasteiger partial charge in [0.05, 0.1) is 0 Å². The predicted molar refractivity (Wildman–Crippen MR) is 81.4 cm³/mol. The fourth-order valence-electron chi connectivity index (χ4n) is 1.80. The van der Waals surface area contributed by atoms with Gasteiger partial charge in [0.15, 0.2) is 0 Å². The Kier molecular flexibility index (Phi) is 7.23. The van der Waals surface area contributed by atoms with Gasteiger partial charge in [-0.05, 0) is 30.0 Å². The summed E-state index contributed by atoms with van der Waals surface area (Å²) in [6.45, 7) is 4.71. The Hall–Kier alpha value is -2.10. The number of benzene rings is 1. The summed E-state index contributed by atoms with van der Waals surface area (Å²) >= 11 is 0. The average molecular weight is 290 g/mol. The summed E-state index contributed by atoms with van der Waals surface area (Å²) in [6, 6.07) is 8.12. The van der Waals surface area contributed by atoms with Crippen LogP contribution in [0.1, 0.15) is 44.7 Å². The van der Waals surface area contributed by atoms with Crippen molar-refractivity contribution >= 4 is 18.0 Å². The number of hydrogen-bond donors (Lipinski definition) is 0. The van der Waals surface area contributed by atoms with E-state index in [-0.39, 0.29) is 0 Å². The molecular weight excluding hydrogens is 268 g/mol. The van der Waals surface area contributed by atoms with E-state index in [4.69, 9.17) is 9.47 Å². The molecule has 0 unspecified atom stereocenters. The highest BCUT2D eigenvalue weighted by atomic mass is 16.7. The first-order valence-electron chi connectivity index (χ1n) is 7.13. The van der Waals surface area contributed by atoms with Crippen LogP contribution in [0.3, 0.4) is 0 Å². The fourth-order valence-corrected chi connectivity index (χ4v) is 1.80. The molecule has 0 spiro atoms. The molecule has 1 aromatic carbocycles. The van der Waals surface area contributed by atoms with Crippen molar-refractivity contribution in [2.24, 2.45) is 0 Å². The van der Waals surface area contributed by atoms with Crippen molar-refractivity contribution in [2.75, 3.05) is 0 Å². The van der Waals surface area contributed by atoms with E-state index in [0.717, 1.165) is 12.0 Å². The Morgan fingerprint density at radius 1 is 1.10 bits per heavy atom. The minimum Gasteiger partial charge on any atom is -0.421 e. The molecule has 1 rings (SSSR count). The Morgan fingerprint density at radius 2 is 1.67 bits per heavy atom. The molecule has 0 heterocycles. The summed E-state index contributed by atoms with van der Waals surface area (Å²) in [4.78, 5) is 21.9. The first-order valence-corrected chi connectivity index (χ1v) is 7.13. The topological polar surface area (TPSA) is 52.6 Å². The molecule has 0 aliphatic carbocycles. The number of hydrogen-bond acceptors (Lipinski definition) is 4. The van der Waals surface area contributed by atoms with Crippen LogP contribution in [-0.4, -0.2) is 18.2 Å². The van der Waals surface area contributed by atoms with Crippen LogP contribution in [-0.2, 0) is 25.5 Å². The molecule has 0 fully saturated rings. The largest absolute Gasteiger partial charge is 0.421 e. The van der Waals surface area contributed by atoms with Crippen LogP contribution >= 0.6 is 0 Å². The number of ether oxygens (including phenoxy) is 2. The Bertz CT molecular complexity index is 472. The maximum absolute atomic E-state index is 10.9. The maximum atomic E-state index is 10.9. The van der Waals surface area contributed by atoms with Crippen molar-refractivity contribution < 1.29 is 19.1 Å². The Balaban J connectivity index is 2.66. The van der Waals surface area contributed by atoms with Gasteiger partial charge in [0.25, 0.3) is 6.29 Å². The molecule has 114 valence electrons. The second-order valence-corrected chi connectivity index (χ2v) is 4.79. The summed E-state index contributed by atoms with van der Waals surface area (Å²) in [5, 5.41) is 0. The molecule has 0 saturated heterocycles. The third-order valence-corrected chi connectivity index (χ3v) is 2.81. The second kappa shape index (κ2) is 8.95. The maximum Gasteiger partial charge on any atom is 0.305 e. The molecule has 0 aromatic heterocycles. The Labute approximate surface area is 125 Å². The van der Waals surface area contributed by atoms with E-state index >= 15 is 0 Å². The lowest BCUT2D eigenvalue weighted by Gasteiger charge is -2.12. The quantitative estimate of drug-likeness (QED) is 0.569. The molecular formula is C17H22O4. The van der Waals surface area contributed by atoms with Gasteiger partial charge in [-0.3, -0.25) is 9.59 Å². The third-order valence-electron chi connectivity index (χ3n) is 2.81. The van der Waals surface area contributed by atoms with Gasteiger partial charge in [-0.1, -0.05) is 43.7 Å². The molecule has 0 aliphatic rings. The highest BCUT2D eigenvalue weighted by Crippen LogP contribution is 2.10. The predicted octanol–water partition coefficient (Wildman–Crippen LogP) is 3.49. The highest BCUT2D eigenvalue weighted by molar-refractivity contribution is 5.68. The molecule has 0 N–H and O–H groups in total.